The van der Waals surface area contributed by atoms with Crippen LogP contribution in [0.4, 0.5) is 4.79 Å². The quantitative estimate of drug-likeness (QED) is 0.00502. The molecule has 38 nitrogen and oxygen atoms in total. The Labute approximate surface area is 851 Å². The molecule has 1 atom stereocenters. The number of esters is 7. The van der Waals surface area contributed by atoms with Gasteiger partial charge in [-0.15, -0.1) is 50.6 Å². The lowest BCUT2D eigenvalue weighted by molar-refractivity contribution is -0.789. The van der Waals surface area contributed by atoms with E-state index in [4.69, 9.17) is 96.2 Å². The summed E-state index contributed by atoms with van der Waals surface area (Å²) in [6, 6.07) is 72.1. The molecule has 14 aromatic rings. The summed E-state index contributed by atoms with van der Waals surface area (Å²) in [4.78, 5) is 177. The fourth-order valence-electron chi connectivity index (χ4n) is 11.6. The van der Waals surface area contributed by atoms with E-state index in [0.717, 1.165) is 57.1 Å². The van der Waals surface area contributed by atoms with Crippen LogP contribution >= 0.6 is 132 Å². The molecule has 0 bridgehead atoms. The van der Waals surface area contributed by atoms with Crippen LogP contribution in [0.5, 0.6) is 46.0 Å². The fraction of sp³-hybridized carbons (Fsp3) is 0.130. The molecule has 0 aliphatic rings. The van der Waals surface area contributed by atoms with Gasteiger partial charge in [-0.05, 0) is 240 Å². The number of carbonyl (C=O) groups excluding carboxylic acids is 8. The molecule has 0 saturated carbocycles. The third-order valence-corrected chi connectivity index (χ3v) is 29.7. The van der Waals surface area contributed by atoms with Gasteiger partial charge in [-0.3, -0.25) is 0 Å². The molecule has 730 valence electrons. The van der Waals surface area contributed by atoms with Gasteiger partial charge < -0.3 is 71.6 Å². The lowest BCUT2D eigenvalue weighted by Gasteiger charge is -2.14. The van der Waals surface area contributed by atoms with Crippen molar-refractivity contribution in [3.63, 3.8) is 0 Å². The molecular formula is C92H67N5O33S12. The highest BCUT2D eigenvalue weighted by molar-refractivity contribution is 7.81. The summed E-state index contributed by atoms with van der Waals surface area (Å²) in [7, 11) is 12.3. The number of unbranched alkanes of at least 4 members (excludes halogenated alkanes) is 1. The Kier molecular flexibility index (Phi) is 41.4. The molecule has 14 rings (SSSR count). The second kappa shape index (κ2) is 54.8. The van der Waals surface area contributed by atoms with E-state index in [1.165, 1.54) is 132 Å². The maximum absolute atomic E-state index is 12.9. The SMILES string of the molecule is O=C(COc1ccccc1C(=O)Oc1ccc(-c2cc(=S)ss2)cc1)OCCCCO[N+](=O)[O-].O=C(OCCCO[N+](=O)[O-])Oc1ccccc1C(=O)Oc1ccc(-c2cc(=S)ss2)cc1.O=C(Oc1ccccc1C(=O)Oc1ccc(-c2cc(=S)ss2)cc1)c1ccc(CC(CO[N+](=O)[O-])O[N+](=O)[O-])cc1.O=C(Oc1ccccc1C(=O)Oc1ccc(-c2cc(=S)ss2)cc1)c1ccc(CO[N+](=O)[O-])cc1. The van der Waals surface area contributed by atoms with Crippen molar-refractivity contribution >= 4 is 180 Å². The number of para-hydroxylation sites is 4. The van der Waals surface area contributed by atoms with Crippen LogP contribution in [0.2, 0.25) is 0 Å². The topological polar surface area (TPSA) is 491 Å². The van der Waals surface area contributed by atoms with E-state index in [-0.39, 0.29) is 102 Å². The van der Waals surface area contributed by atoms with Gasteiger partial charge in [0.05, 0.1) is 37.6 Å². The third-order valence-electron chi connectivity index (χ3n) is 18.1. The maximum Gasteiger partial charge on any atom is 0.513 e. The first-order chi connectivity index (χ1) is 68.4. The van der Waals surface area contributed by atoms with Gasteiger partial charge in [0, 0.05) is 32.4 Å². The van der Waals surface area contributed by atoms with Gasteiger partial charge in [-0.25, -0.2) is 38.4 Å². The molecule has 4 aromatic heterocycles. The van der Waals surface area contributed by atoms with Gasteiger partial charge >= 0.3 is 47.9 Å². The predicted octanol–water partition coefficient (Wildman–Crippen LogP) is 23.2. The summed E-state index contributed by atoms with van der Waals surface area (Å²) < 4.78 is 56.2. The molecule has 50 heteroatoms. The number of hydrogen-bond donors (Lipinski definition) is 0. The van der Waals surface area contributed by atoms with Gasteiger partial charge in [-0.2, -0.15) is 0 Å². The van der Waals surface area contributed by atoms with Gasteiger partial charge in [0.1, 0.15) is 103 Å². The Balaban J connectivity index is 0.000000182. The molecule has 0 aliphatic carbocycles. The lowest BCUT2D eigenvalue weighted by Crippen LogP contribution is -2.26. The van der Waals surface area contributed by atoms with E-state index in [9.17, 15) is 88.9 Å². The maximum atomic E-state index is 12.9. The Hall–Kier alpha value is -15.4. The zero-order chi connectivity index (χ0) is 101. The number of benzene rings is 10. The first-order valence-electron chi connectivity index (χ1n) is 40.6. The van der Waals surface area contributed by atoms with Gasteiger partial charge in [0.25, 0.3) is 25.4 Å². The number of rotatable bonds is 41. The number of hydrogen-bond acceptors (Lipinski definition) is 45. The first-order valence-corrected chi connectivity index (χ1v) is 50.9. The van der Waals surface area contributed by atoms with Crippen molar-refractivity contribution in [3.8, 4) is 87.8 Å². The van der Waals surface area contributed by atoms with E-state index in [0.29, 0.717) is 47.0 Å². The van der Waals surface area contributed by atoms with Crippen molar-refractivity contribution in [2.24, 2.45) is 0 Å². The standard InChI is InChI=1S/C26H18N2O10S3.C24H15NO7S3.C22H19NO8S3.C20H15NO8S3/c29-25(18-7-5-16(6-8-18)13-20(38-28(33)34)15-35-27(31)32)37-22-4-2-1-3-21(22)26(30)36-19-11-9-17(10-12-19)23-14-24(39)41-40-23;26-23(17-7-5-15(6-8-17)14-30-25(28)29)32-20-4-2-1-3-19(20)24(27)31-18-11-9-16(10-12-18)21-13-22(33)35-34-21;24-20(28-11-3-4-12-30-23(26)27)14-29-18-6-2-1-5-17(18)22(25)31-16-9-7-15(8-10-16)19-13-21(32)34-33-19;22-19(28-14-8-6-13(7-9-14)17-12-18(30)32-31-17)15-4-1-2-5-16(15)29-20(23)26-10-3-11-27-21(24)25/h1-12,14,20H,13,15H2;1-13H,14H2;1-2,5-10,13H,3-4,11-12,14H2;1-2,4-9,12H,3,10-11H2. The van der Waals surface area contributed by atoms with E-state index in [1.54, 1.807) is 144 Å². The van der Waals surface area contributed by atoms with Crippen LogP contribution < -0.4 is 37.9 Å². The third kappa shape index (κ3) is 35.2. The number of carbonyl (C=O) groups is 8. The van der Waals surface area contributed by atoms with Crippen LogP contribution in [-0.2, 0) is 51.5 Å². The zero-order valence-corrected chi connectivity index (χ0v) is 82.2. The molecule has 0 spiro atoms. The van der Waals surface area contributed by atoms with Crippen LogP contribution in [0.3, 0.4) is 0 Å². The van der Waals surface area contributed by atoms with E-state index in [2.05, 4.69) is 24.2 Å². The largest absolute Gasteiger partial charge is 0.513 e. The highest BCUT2D eigenvalue weighted by atomic mass is 32.9. The molecule has 142 heavy (non-hydrogen) atoms. The van der Waals surface area contributed by atoms with Gasteiger partial charge in [0.2, 0.25) is 0 Å². The minimum atomic E-state index is -1.24. The molecule has 0 radical (unpaired) electrons. The van der Waals surface area contributed by atoms with Gasteiger partial charge in [0.15, 0.2) is 6.61 Å². The van der Waals surface area contributed by atoms with Crippen molar-refractivity contribution in [1.29, 1.82) is 0 Å². The fourth-order valence-corrected chi connectivity index (χ4v) is 21.2. The van der Waals surface area contributed by atoms with E-state index >= 15 is 0 Å². The second-order valence-electron chi connectivity index (χ2n) is 27.8. The predicted molar refractivity (Wildman–Crippen MR) is 531 cm³/mol. The lowest BCUT2D eigenvalue weighted by atomic mass is 10.1. The Morgan fingerprint density at radius 3 is 0.965 bits per heavy atom. The molecule has 0 amide bonds. The molecule has 0 fully saturated rings. The Morgan fingerprint density at radius 1 is 0.303 bits per heavy atom. The summed E-state index contributed by atoms with van der Waals surface area (Å²) in [6.07, 6.45) is -1.51. The van der Waals surface area contributed by atoms with Crippen molar-refractivity contribution in [3.05, 3.63) is 377 Å². The summed E-state index contributed by atoms with van der Waals surface area (Å²) in [5, 5.41) is 46.6. The molecule has 4 heterocycles. The van der Waals surface area contributed by atoms with Crippen molar-refractivity contribution in [1.82, 2.24) is 0 Å². The monoisotopic (exact) mass is 2150 g/mol. The Bertz CT molecular complexity index is 7050. The second-order valence-corrected chi connectivity index (χ2v) is 39.5. The molecule has 1 unspecified atom stereocenters. The minimum absolute atomic E-state index is 0.0161. The number of nitrogens with zero attached hydrogens (tertiary/aromatic N) is 5. The molecular weight excluding hydrogens is 2090 g/mol. The molecule has 10 aromatic carbocycles. The summed E-state index contributed by atoms with van der Waals surface area (Å²) >= 11 is 20.6. The summed E-state index contributed by atoms with van der Waals surface area (Å²) in [6.45, 7) is -1.66. The molecule has 0 saturated heterocycles. The van der Waals surface area contributed by atoms with Crippen LogP contribution in [0.15, 0.2) is 267 Å². The zero-order valence-electron chi connectivity index (χ0n) is 72.4. The van der Waals surface area contributed by atoms with Crippen LogP contribution in [0.25, 0.3) is 41.8 Å². The van der Waals surface area contributed by atoms with Crippen molar-refractivity contribution < 1.29 is 135 Å². The van der Waals surface area contributed by atoms with Crippen molar-refractivity contribution in [2.75, 3.05) is 39.6 Å². The average molecular weight is 2160 g/mol. The first kappa shape index (κ1) is 107. The van der Waals surface area contributed by atoms with E-state index in [1.807, 2.05) is 72.8 Å². The number of ether oxygens (including phenoxy) is 10. The van der Waals surface area contributed by atoms with E-state index < -0.39 is 92.7 Å². The van der Waals surface area contributed by atoms with Crippen LogP contribution in [-0.4, -0.2) is 119 Å². The average Bonchev–Trinajstić information content (AvgIpc) is 1.17. The van der Waals surface area contributed by atoms with Crippen LogP contribution in [0.1, 0.15) is 92.5 Å². The highest BCUT2D eigenvalue weighted by Crippen LogP contribution is 2.37. The minimum Gasteiger partial charge on any atom is -0.481 e. The summed E-state index contributed by atoms with van der Waals surface area (Å²) in [5.41, 5.74) is 5.45. The van der Waals surface area contributed by atoms with Gasteiger partial charge in [-0.1, -0.05) is 204 Å². The smallest absolute Gasteiger partial charge is 0.481 e. The van der Waals surface area contributed by atoms with Crippen LogP contribution in [0, 0.1) is 65.9 Å². The summed E-state index contributed by atoms with van der Waals surface area (Å²) in [5.74, 6) is -3.37. The Morgan fingerprint density at radius 2 is 0.620 bits per heavy atom. The highest BCUT2D eigenvalue weighted by Gasteiger charge is 2.25. The van der Waals surface area contributed by atoms with Crippen molar-refractivity contribution in [2.45, 2.75) is 38.4 Å². The molecule has 0 N–H and O–H groups in total. The normalized spacial score (nSPS) is 10.6. The molecule has 0 aliphatic heterocycles.